The van der Waals surface area contributed by atoms with Crippen molar-refractivity contribution in [3.63, 3.8) is 0 Å². The number of benzene rings is 1. The Bertz CT molecular complexity index is 538. The van der Waals surface area contributed by atoms with E-state index in [9.17, 15) is 4.79 Å². The van der Waals surface area contributed by atoms with Crippen molar-refractivity contribution in [3.8, 4) is 5.75 Å². The maximum atomic E-state index is 12.1. The molecule has 0 aliphatic carbocycles. The highest BCUT2D eigenvalue weighted by molar-refractivity contribution is 5.96. The van der Waals surface area contributed by atoms with E-state index in [-0.39, 0.29) is 11.3 Å². The fourth-order valence-electron chi connectivity index (χ4n) is 2.27. The Morgan fingerprint density at radius 1 is 1.12 bits per heavy atom. The second kappa shape index (κ2) is 12.2. The zero-order valence-electron chi connectivity index (χ0n) is 14.6. The average molecular weight is 332 g/mol. The summed E-state index contributed by atoms with van der Waals surface area (Å²) in [7, 11) is 0. The molecule has 1 aromatic carbocycles. The van der Waals surface area contributed by atoms with Crippen molar-refractivity contribution in [1.29, 1.82) is 5.39 Å². The van der Waals surface area contributed by atoms with Crippen LogP contribution in [-0.4, -0.2) is 19.2 Å². The van der Waals surface area contributed by atoms with E-state index in [4.69, 9.17) is 14.9 Å². The van der Waals surface area contributed by atoms with Gasteiger partial charge in [0.25, 0.3) is 0 Å². The average Bonchev–Trinajstić information content (AvgIpc) is 2.61. The number of diazo groups is 1. The lowest BCUT2D eigenvalue weighted by Crippen LogP contribution is -2.07. The second-order valence-electron chi connectivity index (χ2n) is 5.74. The van der Waals surface area contributed by atoms with Crippen LogP contribution in [0.5, 0.6) is 5.75 Å². The third-order valence-electron chi connectivity index (χ3n) is 3.69. The van der Waals surface area contributed by atoms with Gasteiger partial charge in [0.1, 0.15) is 5.75 Å². The van der Waals surface area contributed by atoms with Crippen molar-refractivity contribution in [1.82, 2.24) is 0 Å². The molecule has 0 bridgehead atoms. The van der Waals surface area contributed by atoms with Gasteiger partial charge in [0.2, 0.25) is 5.39 Å². The predicted octanol–water partition coefficient (Wildman–Crippen LogP) is 5.68. The second-order valence-corrected chi connectivity index (χ2v) is 5.74. The van der Waals surface area contributed by atoms with Crippen molar-refractivity contribution in [2.45, 2.75) is 58.3 Å². The quantitative estimate of drug-likeness (QED) is 0.214. The molecular formula is C19H28N2O3+2. The molecule has 5 heteroatoms. The topological polar surface area (TPSA) is 63.7 Å². The Labute approximate surface area is 145 Å². The molecule has 0 spiro atoms. The van der Waals surface area contributed by atoms with Crippen LogP contribution in [0.4, 0.5) is 5.69 Å². The van der Waals surface area contributed by atoms with Crippen LogP contribution >= 0.6 is 0 Å². The molecule has 0 aliphatic rings. The van der Waals surface area contributed by atoms with E-state index >= 15 is 0 Å². The minimum Gasteiger partial charge on any atom is -0.494 e. The minimum atomic E-state index is -0.513. The lowest BCUT2D eigenvalue weighted by molar-refractivity contribution is 0.0502. The molecule has 0 saturated carbocycles. The van der Waals surface area contributed by atoms with Crippen molar-refractivity contribution < 1.29 is 14.3 Å². The summed E-state index contributed by atoms with van der Waals surface area (Å²) in [5.74, 6) is 0.0707. The minimum absolute atomic E-state index is 0.182. The van der Waals surface area contributed by atoms with E-state index in [0.29, 0.717) is 31.8 Å². The van der Waals surface area contributed by atoms with E-state index in [2.05, 4.69) is 18.8 Å². The molecule has 0 aliphatic heterocycles. The Hall–Kier alpha value is -2.22. The first-order valence-corrected chi connectivity index (χ1v) is 8.81. The van der Waals surface area contributed by atoms with Crippen molar-refractivity contribution >= 4 is 11.7 Å². The molecular weight excluding hydrogens is 304 g/mol. The summed E-state index contributed by atoms with van der Waals surface area (Å²) in [6, 6.07) is 4.81. The summed E-state index contributed by atoms with van der Waals surface area (Å²) in [5, 5.41) is 9.01. The SMILES string of the molecule is [CH2+]CCCOC(=O)c1cc(OCCCCCCCC)ccc1[N+]#N. The van der Waals surface area contributed by atoms with Gasteiger partial charge in [-0.15, -0.1) is 0 Å². The number of esters is 1. The van der Waals surface area contributed by atoms with E-state index < -0.39 is 5.97 Å². The standard InChI is InChI=1S/C19H28N2O3/c1-3-5-7-8-9-10-14-23-16-11-12-18(21-20)17(15-16)19(22)24-13-6-4-2/h11-12,15H,2-10,13-14H2,1H3/q+2. The first kappa shape index (κ1) is 19.8. The van der Waals surface area contributed by atoms with Gasteiger partial charge in [0.05, 0.1) is 26.6 Å². The molecule has 0 N–H and O–H groups in total. The van der Waals surface area contributed by atoms with Crippen molar-refractivity contribution in [2.24, 2.45) is 0 Å². The summed E-state index contributed by atoms with van der Waals surface area (Å²) in [5.41, 5.74) is 0.392. The van der Waals surface area contributed by atoms with Crippen LogP contribution in [0.15, 0.2) is 18.2 Å². The van der Waals surface area contributed by atoms with Crippen LogP contribution in [-0.2, 0) is 4.74 Å². The monoisotopic (exact) mass is 332 g/mol. The van der Waals surface area contributed by atoms with Gasteiger partial charge in [-0.05, 0) is 12.5 Å². The summed E-state index contributed by atoms with van der Waals surface area (Å²) in [6.07, 6.45) is 8.55. The van der Waals surface area contributed by atoms with E-state index in [1.807, 2.05) is 0 Å². The van der Waals surface area contributed by atoms with Gasteiger partial charge in [0, 0.05) is 18.6 Å². The number of ether oxygens (including phenoxy) is 2. The smallest absolute Gasteiger partial charge is 0.399 e. The van der Waals surface area contributed by atoms with Gasteiger partial charge < -0.3 is 9.47 Å². The molecule has 5 nitrogen and oxygen atoms in total. The Kier molecular flexibility index (Phi) is 10.1. The summed E-state index contributed by atoms with van der Waals surface area (Å²) >= 11 is 0. The molecule has 0 radical (unpaired) electrons. The highest BCUT2D eigenvalue weighted by atomic mass is 16.5. The number of rotatable bonds is 12. The van der Waals surface area contributed by atoms with Crippen LogP contribution in [0.2, 0.25) is 0 Å². The zero-order chi connectivity index (χ0) is 17.6. The van der Waals surface area contributed by atoms with Crippen LogP contribution in [0, 0.1) is 12.3 Å². The number of hydrogen-bond donors (Lipinski definition) is 0. The molecule has 0 amide bonds. The highest BCUT2D eigenvalue weighted by Gasteiger charge is 2.22. The fraction of sp³-hybridized carbons (Fsp3) is 0.579. The van der Waals surface area contributed by atoms with Gasteiger partial charge in [-0.3, -0.25) is 0 Å². The molecule has 0 aromatic heterocycles. The Balaban J connectivity index is 2.50. The Morgan fingerprint density at radius 3 is 2.58 bits per heavy atom. The molecule has 0 unspecified atom stereocenters. The highest BCUT2D eigenvalue weighted by Crippen LogP contribution is 2.26. The van der Waals surface area contributed by atoms with Crippen LogP contribution < -0.4 is 4.74 Å². The van der Waals surface area contributed by atoms with Crippen molar-refractivity contribution in [2.75, 3.05) is 13.2 Å². The van der Waals surface area contributed by atoms with E-state index in [1.165, 1.54) is 25.7 Å². The largest absolute Gasteiger partial charge is 0.494 e. The molecule has 1 rings (SSSR count). The molecule has 0 fully saturated rings. The fourth-order valence-corrected chi connectivity index (χ4v) is 2.27. The van der Waals surface area contributed by atoms with E-state index in [0.717, 1.165) is 12.8 Å². The maximum Gasteiger partial charge on any atom is 0.399 e. The van der Waals surface area contributed by atoms with Gasteiger partial charge in [-0.25, -0.2) is 4.79 Å². The first-order chi connectivity index (χ1) is 11.7. The van der Waals surface area contributed by atoms with Gasteiger partial charge >= 0.3 is 11.7 Å². The lowest BCUT2D eigenvalue weighted by Gasteiger charge is -2.07. The molecule has 0 atom stereocenters. The van der Waals surface area contributed by atoms with E-state index in [1.54, 1.807) is 18.2 Å². The predicted molar refractivity (Wildman–Crippen MR) is 94.9 cm³/mol. The molecule has 130 valence electrons. The number of carbonyl (C=O) groups excluding carboxylic acids is 1. The first-order valence-electron chi connectivity index (χ1n) is 8.81. The number of nitrogens with zero attached hydrogens (tertiary/aromatic N) is 2. The van der Waals surface area contributed by atoms with Gasteiger partial charge in [0.15, 0.2) is 10.5 Å². The van der Waals surface area contributed by atoms with Crippen LogP contribution in [0.25, 0.3) is 4.98 Å². The van der Waals surface area contributed by atoms with Gasteiger partial charge in [-0.1, -0.05) is 39.0 Å². The molecule has 0 heterocycles. The zero-order valence-corrected chi connectivity index (χ0v) is 14.6. The molecule has 1 aromatic rings. The third-order valence-corrected chi connectivity index (χ3v) is 3.69. The Morgan fingerprint density at radius 2 is 1.88 bits per heavy atom. The van der Waals surface area contributed by atoms with Crippen molar-refractivity contribution in [3.05, 3.63) is 35.7 Å². The molecule has 0 saturated heterocycles. The third kappa shape index (κ3) is 7.36. The summed E-state index contributed by atoms with van der Waals surface area (Å²) < 4.78 is 10.8. The summed E-state index contributed by atoms with van der Waals surface area (Å²) in [4.78, 5) is 15.2. The maximum absolute atomic E-state index is 12.1. The summed E-state index contributed by atoms with van der Waals surface area (Å²) in [6.45, 7) is 6.81. The number of hydrogen-bond acceptors (Lipinski definition) is 4. The number of unbranched alkanes of at least 4 members (excludes halogenated alkanes) is 6. The van der Waals surface area contributed by atoms with Crippen LogP contribution in [0.3, 0.4) is 0 Å². The normalized spacial score (nSPS) is 10.2. The number of carbonyl (C=O) groups is 1. The lowest BCUT2D eigenvalue weighted by atomic mass is 10.1. The van der Waals surface area contributed by atoms with Gasteiger partial charge in [-0.2, -0.15) is 0 Å². The molecule has 24 heavy (non-hydrogen) atoms. The van der Waals surface area contributed by atoms with Crippen LogP contribution in [0.1, 0.15) is 68.6 Å².